The molecule has 1 aromatic rings. The van der Waals surface area contributed by atoms with E-state index in [4.69, 9.17) is 4.74 Å². The Labute approximate surface area is 138 Å². The lowest BCUT2D eigenvalue weighted by Gasteiger charge is -2.46. The van der Waals surface area contributed by atoms with Gasteiger partial charge in [0.25, 0.3) is 0 Å². The molecule has 1 amide bonds. The zero-order valence-electron chi connectivity index (χ0n) is 13.7. The van der Waals surface area contributed by atoms with Crippen molar-refractivity contribution in [3.63, 3.8) is 0 Å². The third-order valence-corrected chi connectivity index (χ3v) is 5.83. The first-order valence-corrected chi connectivity index (χ1v) is 8.95. The number of likely N-dealkylation sites (tertiary alicyclic amines) is 1. The molecule has 23 heavy (non-hydrogen) atoms. The summed E-state index contributed by atoms with van der Waals surface area (Å²) >= 11 is 0. The molecule has 3 aliphatic rings. The molecule has 2 saturated heterocycles. The van der Waals surface area contributed by atoms with Crippen molar-refractivity contribution in [2.45, 2.75) is 37.6 Å². The average molecular weight is 314 g/mol. The van der Waals surface area contributed by atoms with Gasteiger partial charge in [-0.2, -0.15) is 0 Å². The molecule has 4 heteroatoms. The highest BCUT2D eigenvalue weighted by Gasteiger charge is 2.41. The molecule has 1 N–H and O–H groups in total. The van der Waals surface area contributed by atoms with Crippen LogP contribution in [0.4, 0.5) is 0 Å². The normalized spacial score (nSPS) is 25.1. The van der Waals surface area contributed by atoms with Crippen LogP contribution in [0.25, 0.3) is 0 Å². The summed E-state index contributed by atoms with van der Waals surface area (Å²) in [5, 5.41) is 3.33. The SMILES string of the molecule is O=C1Cc2ccccc2C2(CCN(CC3CCOCC3)CC2)N1. The lowest BCUT2D eigenvalue weighted by atomic mass is 9.75. The highest BCUT2D eigenvalue weighted by molar-refractivity contribution is 5.82. The summed E-state index contributed by atoms with van der Waals surface area (Å²) in [6, 6.07) is 8.48. The van der Waals surface area contributed by atoms with Crippen LogP contribution < -0.4 is 5.32 Å². The molecule has 0 unspecified atom stereocenters. The third-order valence-electron chi connectivity index (χ3n) is 5.83. The number of hydrogen-bond acceptors (Lipinski definition) is 3. The number of rotatable bonds is 2. The number of benzene rings is 1. The molecule has 1 spiro atoms. The minimum Gasteiger partial charge on any atom is -0.381 e. The summed E-state index contributed by atoms with van der Waals surface area (Å²) in [7, 11) is 0. The van der Waals surface area contributed by atoms with E-state index in [1.54, 1.807) is 0 Å². The van der Waals surface area contributed by atoms with Crippen LogP contribution in [0.3, 0.4) is 0 Å². The van der Waals surface area contributed by atoms with Gasteiger partial charge in [0.15, 0.2) is 0 Å². The van der Waals surface area contributed by atoms with Gasteiger partial charge in [-0.1, -0.05) is 24.3 Å². The standard InChI is InChI=1S/C19H26N2O2/c22-18-13-16-3-1-2-4-17(16)19(20-18)7-9-21(10-8-19)14-15-5-11-23-12-6-15/h1-4,15H,5-14H2,(H,20,22). The largest absolute Gasteiger partial charge is 0.381 e. The van der Waals surface area contributed by atoms with Gasteiger partial charge < -0.3 is 15.0 Å². The smallest absolute Gasteiger partial charge is 0.225 e. The summed E-state index contributed by atoms with van der Waals surface area (Å²) in [5.74, 6) is 0.965. The van der Waals surface area contributed by atoms with Crippen molar-refractivity contribution in [2.24, 2.45) is 5.92 Å². The summed E-state index contributed by atoms with van der Waals surface area (Å²) in [4.78, 5) is 14.7. The summed E-state index contributed by atoms with van der Waals surface area (Å²) in [5.41, 5.74) is 2.44. The molecule has 3 aliphatic heterocycles. The Bertz CT molecular complexity index is 572. The van der Waals surface area contributed by atoms with Crippen LogP contribution in [0, 0.1) is 5.92 Å². The predicted octanol–water partition coefficient (Wildman–Crippen LogP) is 2.08. The number of nitrogens with one attached hydrogen (secondary N) is 1. The first-order valence-electron chi connectivity index (χ1n) is 8.95. The number of fused-ring (bicyclic) bond motifs is 2. The van der Waals surface area contributed by atoms with E-state index in [0.717, 1.165) is 45.1 Å². The summed E-state index contributed by atoms with van der Waals surface area (Å²) < 4.78 is 5.46. The molecule has 4 nitrogen and oxygen atoms in total. The molecule has 0 radical (unpaired) electrons. The third kappa shape index (κ3) is 3.02. The Morgan fingerprint density at radius 1 is 1.17 bits per heavy atom. The number of ether oxygens (including phenoxy) is 1. The number of carbonyl (C=O) groups is 1. The van der Waals surface area contributed by atoms with Crippen LogP contribution in [0.5, 0.6) is 0 Å². The summed E-state index contributed by atoms with van der Waals surface area (Å²) in [6.07, 6.45) is 4.98. The van der Waals surface area contributed by atoms with Crippen LogP contribution >= 0.6 is 0 Å². The molecule has 124 valence electrons. The molecule has 0 atom stereocenters. The quantitative estimate of drug-likeness (QED) is 0.909. The number of hydrogen-bond donors (Lipinski definition) is 1. The highest BCUT2D eigenvalue weighted by Crippen LogP contribution is 2.38. The molecule has 3 heterocycles. The fraction of sp³-hybridized carbons (Fsp3) is 0.632. The number of nitrogens with zero attached hydrogens (tertiary/aromatic N) is 1. The zero-order valence-corrected chi connectivity index (χ0v) is 13.7. The fourth-order valence-electron chi connectivity index (χ4n) is 4.50. The molecule has 0 aromatic heterocycles. The van der Waals surface area contributed by atoms with Crippen molar-refractivity contribution in [1.29, 1.82) is 0 Å². The van der Waals surface area contributed by atoms with Gasteiger partial charge in [-0.25, -0.2) is 0 Å². The van der Waals surface area contributed by atoms with E-state index in [9.17, 15) is 4.79 Å². The van der Waals surface area contributed by atoms with Gasteiger partial charge in [0.05, 0.1) is 12.0 Å². The maximum Gasteiger partial charge on any atom is 0.225 e. The Morgan fingerprint density at radius 2 is 1.91 bits per heavy atom. The molecule has 0 aliphatic carbocycles. The Kier molecular flexibility index (Phi) is 4.12. The van der Waals surface area contributed by atoms with Crippen molar-refractivity contribution >= 4 is 5.91 Å². The maximum atomic E-state index is 12.2. The van der Waals surface area contributed by atoms with E-state index in [0.29, 0.717) is 6.42 Å². The second-order valence-electron chi connectivity index (χ2n) is 7.32. The van der Waals surface area contributed by atoms with Crippen LogP contribution in [-0.4, -0.2) is 43.7 Å². The minimum absolute atomic E-state index is 0.127. The van der Waals surface area contributed by atoms with Gasteiger partial charge in [-0.15, -0.1) is 0 Å². The van der Waals surface area contributed by atoms with Gasteiger partial charge in [-0.3, -0.25) is 4.79 Å². The van der Waals surface area contributed by atoms with E-state index in [1.165, 1.54) is 30.5 Å². The van der Waals surface area contributed by atoms with Gasteiger partial charge in [0.2, 0.25) is 5.91 Å². The van der Waals surface area contributed by atoms with Gasteiger partial charge in [0, 0.05) is 32.8 Å². The predicted molar refractivity (Wildman–Crippen MR) is 89.2 cm³/mol. The van der Waals surface area contributed by atoms with Gasteiger partial charge >= 0.3 is 0 Å². The fourth-order valence-corrected chi connectivity index (χ4v) is 4.50. The van der Waals surface area contributed by atoms with Crippen molar-refractivity contribution in [3.05, 3.63) is 35.4 Å². The Balaban J connectivity index is 1.45. The molecular formula is C19H26N2O2. The maximum absolute atomic E-state index is 12.2. The van der Waals surface area contributed by atoms with Crippen LogP contribution in [-0.2, 0) is 21.5 Å². The number of amides is 1. The second-order valence-corrected chi connectivity index (χ2v) is 7.32. The minimum atomic E-state index is -0.127. The van der Waals surface area contributed by atoms with E-state index in [2.05, 4.69) is 28.4 Å². The van der Waals surface area contributed by atoms with E-state index < -0.39 is 0 Å². The van der Waals surface area contributed by atoms with Crippen molar-refractivity contribution < 1.29 is 9.53 Å². The second kappa shape index (κ2) is 6.25. The zero-order chi connectivity index (χ0) is 15.7. The monoisotopic (exact) mass is 314 g/mol. The van der Waals surface area contributed by atoms with Crippen LogP contribution in [0.1, 0.15) is 36.8 Å². The molecule has 1 aromatic carbocycles. The lowest BCUT2D eigenvalue weighted by molar-refractivity contribution is -0.124. The highest BCUT2D eigenvalue weighted by atomic mass is 16.5. The number of carbonyl (C=O) groups excluding carboxylic acids is 1. The van der Waals surface area contributed by atoms with E-state index in [-0.39, 0.29) is 11.4 Å². The van der Waals surface area contributed by atoms with Crippen molar-refractivity contribution in [1.82, 2.24) is 10.2 Å². The topological polar surface area (TPSA) is 41.6 Å². The summed E-state index contributed by atoms with van der Waals surface area (Å²) in [6.45, 7) is 5.19. The van der Waals surface area contributed by atoms with Crippen LogP contribution in [0.15, 0.2) is 24.3 Å². The van der Waals surface area contributed by atoms with Crippen molar-refractivity contribution in [3.8, 4) is 0 Å². The Hall–Kier alpha value is -1.39. The van der Waals surface area contributed by atoms with E-state index in [1.807, 2.05) is 6.07 Å². The number of piperidine rings is 1. The van der Waals surface area contributed by atoms with Crippen molar-refractivity contribution in [2.75, 3.05) is 32.8 Å². The average Bonchev–Trinajstić information content (AvgIpc) is 2.58. The molecule has 0 bridgehead atoms. The molecule has 4 rings (SSSR count). The van der Waals surface area contributed by atoms with E-state index >= 15 is 0 Å². The molecular weight excluding hydrogens is 288 g/mol. The first-order chi connectivity index (χ1) is 11.3. The van der Waals surface area contributed by atoms with Crippen LogP contribution in [0.2, 0.25) is 0 Å². The van der Waals surface area contributed by atoms with Gasteiger partial charge in [-0.05, 0) is 42.7 Å². The van der Waals surface area contributed by atoms with Gasteiger partial charge in [0.1, 0.15) is 0 Å². The first kappa shape index (κ1) is 15.2. The molecule has 0 saturated carbocycles. The Morgan fingerprint density at radius 3 is 2.70 bits per heavy atom. The molecule has 2 fully saturated rings. The lowest BCUT2D eigenvalue weighted by Crippen LogP contribution is -2.56.